The van der Waals surface area contributed by atoms with Crippen molar-refractivity contribution >= 4 is 33.7 Å². The maximum absolute atomic E-state index is 12.0. The standard InChI is InChI=1S/C12H16N4OS2/c1-3-8-7(2)19-12(15-8)16-11(17)9-6-18-10(14-9)4-5-13/h6H,3-5,13H2,1-2H3,(H,15,16,17). The largest absolute Gasteiger partial charge is 0.330 e. The Labute approximate surface area is 119 Å². The number of carbonyl (C=O) groups excluding carboxylic acids is 1. The van der Waals surface area contributed by atoms with Crippen molar-refractivity contribution in [1.29, 1.82) is 0 Å². The second-order valence-electron chi connectivity index (χ2n) is 3.99. The molecule has 2 aromatic heterocycles. The maximum atomic E-state index is 12.0. The van der Waals surface area contributed by atoms with Crippen LogP contribution in [0, 0.1) is 6.92 Å². The summed E-state index contributed by atoms with van der Waals surface area (Å²) < 4.78 is 0. The zero-order chi connectivity index (χ0) is 13.8. The third-order valence-electron chi connectivity index (χ3n) is 2.59. The molecule has 0 aromatic carbocycles. The predicted molar refractivity (Wildman–Crippen MR) is 79.1 cm³/mol. The van der Waals surface area contributed by atoms with Gasteiger partial charge in [0.2, 0.25) is 0 Å². The quantitative estimate of drug-likeness (QED) is 0.886. The van der Waals surface area contributed by atoms with E-state index < -0.39 is 0 Å². The van der Waals surface area contributed by atoms with Crippen LogP contribution in [0.5, 0.6) is 0 Å². The minimum absolute atomic E-state index is 0.212. The summed E-state index contributed by atoms with van der Waals surface area (Å²) in [5.41, 5.74) is 6.92. The second kappa shape index (κ2) is 6.23. The van der Waals surface area contributed by atoms with Crippen LogP contribution in [0.4, 0.5) is 5.13 Å². The lowest BCUT2D eigenvalue weighted by Crippen LogP contribution is -2.12. The molecule has 7 heteroatoms. The number of aryl methyl sites for hydroxylation is 2. The summed E-state index contributed by atoms with van der Waals surface area (Å²) in [6.07, 6.45) is 1.57. The van der Waals surface area contributed by atoms with Crippen LogP contribution in [0.25, 0.3) is 0 Å². The Morgan fingerprint density at radius 2 is 2.26 bits per heavy atom. The van der Waals surface area contributed by atoms with Gasteiger partial charge in [-0.15, -0.1) is 22.7 Å². The minimum Gasteiger partial charge on any atom is -0.330 e. The monoisotopic (exact) mass is 296 g/mol. The normalized spacial score (nSPS) is 10.7. The number of rotatable bonds is 5. The molecule has 2 rings (SSSR count). The molecule has 0 radical (unpaired) electrons. The smallest absolute Gasteiger partial charge is 0.276 e. The Hall–Kier alpha value is -1.31. The molecule has 2 heterocycles. The molecule has 0 bridgehead atoms. The zero-order valence-corrected chi connectivity index (χ0v) is 12.5. The lowest BCUT2D eigenvalue weighted by molar-refractivity contribution is 0.102. The van der Waals surface area contributed by atoms with Gasteiger partial charge in [0.1, 0.15) is 5.69 Å². The SMILES string of the molecule is CCc1nc(NC(=O)c2csc(CCN)n2)sc1C. The van der Waals surface area contributed by atoms with Gasteiger partial charge in [-0.1, -0.05) is 6.92 Å². The van der Waals surface area contributed by atoms with E-state index in [1.165, 1.54) is 22.7 Å². The molecule has 19 heavy (non-hydrogen) atoms. The highest BCUT2D eigenvalue weighted by atomic mass is 32.1. The van der Waals surface area contributed by atoms with Crippen molar-refractivity contribution in [2.75, 3.05) is 11.9 Å². The van der Waals surface area contributed by atoms with E-state index >= 15 is 0 Å². The van der Waals surface area contributed by atoms with Gasteiger partial charge < -0.3 is 5.73 Å². The first kappa shape index (κ1) is 14.1. The van der Waals surface area contributed by atoms with Gasteiger partial charge in [-0.3, -0.25) is 10.1 Å². The van der Waals surface area contributed by atoms with Gasteiger partial charge in [0, 0.05) is 16.7 Å². The molecule has 5 nitrogen and oxygen atoms in total. The predicted octanol–water partition coefficient (Wildman–Crippen LogP) is 2.22. The Balaban J connectivity index is 2.06. The molecule has 0 aliphatic heterocycles. The fraction of sp³-hybridized carbons (Fsp3) is 0.417. The molecule has 0 unspecified atom stereocenters. The number of anilines is 1. The average molecular weight is 296 g/mol. The fourth-order valence-corrected chi connectivity index (χ4v) is 3.32. The summed E-state index contributed by atoms with van der Waals surface area (Å²) in [5, 5.41) is 6.06. The van der Waals surface area contributed by atoms with E-state index in [0.717, 1.165) is 22.0 Å². The number of amides is 1. The average Bonchev–Trinajstić information content (AvgIpc) is 2.96. The summed E-state index contributed by atoms with van der Waals surface area (Å²) in [6, 6.07) is 0. The Morgan fingerprint density at radius 3 is 2.89 bits per heavy atom. The number of nitrogens with one attached hydrogen (secondary N) is 1. The molecule has 0 aliphatic carbocycles. The number of nitrogens with zero attached hydrogens (tertiary/aromatic N) is 2. The Morgan fingerprint density at radius 1 is 1.47 bits per heavy atom. The zero-order valence-electron chi connectivity index (χ0n) is 10.9. The first-order chi connectivity index (χ1) is 9.13. The molecule has 102 valence electrons. The number of carbonyl (C=O) groups is 1. The third-order valence-corrected chi connectivity index (χ3v) is 4.43. The molecule has 0 saturated heterocycles. The van der Waals surface area contributed by atoms with Crippen LogP contribution in [0.1, 0.15) is 33.0 Å². The van der Waals surface area contributed by atoms with E-state index in [1.807, 2.05) is 13.8 Å². The first-order valence-electron chi connectivity index (χ1n) is 6.06. The topological polar surface area (TPSA) is 80.9 Å². The van der Waals surface area contributed by atoms with Gasteiger partial charge in [-0.05, 0) is 19.9 Å². The van der Waals surface area contributed by atoms with Gasteiger partial charge in [0.25, 0.3) is 5.91 Å². The minimum atomic E-state index is -0.212. The molecule has 0 aliphatic rings. The van der Waals surface area contributed by atoms with Crippen molar-refractivity contribution in [2.45, 2.75) is 26.7 Å². The number of hydrogen-bond acceptors (Lipinski definition) is 6. The summed E-state index contributed by atoms with van der Waals surface area (Å²) in [7, 11) is 0. The fourth-order valence-electron chi connectivity index (χ4n) is 1.62. The lowest BCUT2D eigenvalue weighted by Gasteiger charge is -1.97. The summed E-state index contributed by atoms with van der Waals surface area (Å²) in [5.74, 6) is -0.212. The van der Waals surface area contributed by atoms with Gasteiger partial charge >= 0.3 is 0 Å². The van der Waals surface area contributed by atoms with E-state index in [2.05, 4.69) is 15.3 Å². The van der Waals surface area contributed by atoms with E-state index in [-0.39, 0.29) is 5.91 Å². The van der Waals surface area contributed by atoms with Crippen molar-refractivity contribution in [3.63, 3.8) is 0 Å². The van der Waals surface area contributed by atoms with Crippen LogP contribution in [0.2, 0.25) is 0 Å². The molecule has 0 atom stereocenters. The van der Waals surface area contributed by atoms with Crippen molar-refractivity contribution in [3.05, 3.63) is 26.7 Å². The Kier molecular flexibility index (Phi) is 4.62. The van der Waals surface area contributed by atoms with E-state index in [0.29, 0.717) is 23.8 Å². The Bertz CT molecular complexity index is 576. The number of nitrogens with two attached hydrogens (primary N) is 1. The van der Waals surface area contributed by atoms with Crippen LogP contribution < -0.4 is 11.1 Å². The van der Waals surface area contributed by atoms with Crippen molar-refractivity contribution < 1.29 is 4.79 Å². The van der Waals surface area contributed by atoms with E-state index in [1.54, 1.807) is 5.38 Å². The van der Waals surface area contributed by atoms with Crippen molar-refractivity contribution in [2.24, 2.45) is 5.73 Å². The molecular weight excluding hydrogens is 280 g/mol. The molecule has 0 fully saturated rings. The van der Waals surface area contributed by atoms with Crippen LogP contribution in [0.3, 0.4) is 0 Å². The van der Waals surface area contributed by atoms with Gasteiger partial charge in [-0.2, -0.15) is 0 Å². The van der Waals surface area contributed by atoms with Crippen LogP contribution in [-0.2, 0) is 12.8 Å². The maximum Gasteiger partial charge on any atom is 0.276 e. The van der Waals surface area contributed by atoms with Crippen molar-refractivity contribution in [3.8, 4) is 0 Å². The van der Waals surface area contributed by atoms with Crippen LogP contribution in [-0.4, -0.2) is 22.4 Å². The second-order valence-corrected chi connectivity index (χ2v) is 6.14. The summed E-state index contributed by atoms with van der Waals surface area (Å²) in [6.45, 7) is 4.60. The number of hydrogen-bond donors (Lipinski definition) is 2. The lowest BCUT2D eigenvalue weighted by atomic mass is 10.3. The highest BCUT2D eigenvalue weighted by molar-refractivity contribution is 7.15. The third kappa shape index (κ3) is 3.37. The van der Waals surface area contributed by atoms with Gasteiger partial charge in [-0.25, -0.2) is 9.97 Å². The molecular formula is C12H16N4OS2. The number of aromatic nitrogens is 2. The van der Waals surface area contributed by atoms with E-state index in [9.17, 15) is 4.79 Å². The van der Waals surface area contributed by atoms with Crippen LogP contribution in [0.15, 0.2) is 5.38 Å². The van der Waals surface area contributed by atoms with Crippen molar-refractivity contribution in [1.82, 2.24) is 9.97 Å². The van der Waals surface area contributed by atoms with E-state index in [4.69, 9.17) is 5.73 Å². The molecule has 0 spiro atoms. The number of thiazole rings is 2. The van der Waals surface area contributed by atoms with Gasteiger partial charge in [0.05, 0.1) is 10.7 Å². The molecule has 1 amide bonds. The van der Waals surface area contributed by atoms with Gasteiger partial charge in [0.15, 0.2) is 5.13 Å². The summed E-state index contributed by atoms with van der Waals surface area (Å²) in [4.78, 5) is 21.8. The molecule has 0 saturated carbocycles. The first-order valence-corrected chi connectivity index (χ1v) is 7.75. The highest BCUT2D eigenvalue weighted by Crippen LogP contribution is 2.23. The highest BCUT2D eigenvalue weighted by Gasteiger charge is 2.13. The molecule has 3 N–H and O–H groups in total. The summed E-state index contributed by atoms with van der Waals surface area (Å²) >= 11 is 2.95. The molecule has 2 aromatic rings. The van der Waals surface area contributed by atoms with Crippen LogP contribution >= 0.6 is 22.7 Å².